The molecule has 112 valence electrons. The number of aromatic nitrogens is 3. The molecule has 8 heteroatoms. The number of hydrogen-bond acceptors (Lipinski definition) is 5. The molecule has 0 fully saturated rings. The molecule has 0 N–H and O–H groups in total. The molecule has 0 radical (unpaired) electrons. The molecular formula is C12H20N4O3S. The van der Waals surface area contributed by atoms with Crippen LogP contribution >= 0.6 is 0 Å². The Morgan fingerprint density at radius 1 is 1.40 bits per heavy atom. The van der Waals surface area contributed by atoms with Gasteiger partial charge in [-0.3, -0.25) is 4.79 Å². The Hall–Kier alpha value is -1.44. The zero-order valence-corrected chi connectivity index (χ0v) is 13.0. The van der Waals surface area contributed by atoms with Crippen molar-refractivity contribution in [1.82, 2.24) is 19.7 Å². The Bertz CT molecular complexity index is 621. The van der Waals surface area contributed by atoms with Crippen molar-refractivity contribution in [3.63, 3.8) is 0 Å². The van der Waals surface area contributed by atoms with E-state index in [0.29, 0.717) is 18.9 Å². The van der Waals surface area contributed by atoms with E-state index in [1.54, 1.807) is 4.90 Å². The monoisotopic (exact) mass is 300 g/mol. The van der Waals surface area contributed by atoms with Crippen LogP contribution in [0, 0.1) is 0 Å². The normalized spacial score (nSPS) is 19.2. The molecule has 0 saturated carbocycles. The zero-order valence-electron chi connectivity index (χ0n) is 12.2. The standard InChI is InChI=1S/C12H20N4O3S/c1-8(2)12-14-13-10-6-15(5-9(3)16(10)12)11(17)7-20(4,18)19/h8-9H,5-7H2,1-4H3/t9-/m0/s1. The molecule has 0 aliphatic carbocycles. The molecular weight excluding hydrogens is 280 g/mol. The van der Waals surface area contributed by atoms with Crippen molar-refractivity contribution in [2.75, 3.05) is 18.6 Å². The van der Waals surface area contributed by atoms with Crippen molar-refractivity contribution >= 4 is 15.7 Å². The van der Waals surface area contributed by atoms with Crippen molar-refractivity contribution in [1.29, 1.82) is 0 Å². The largest absolute Gasteiger partial charge is 0.332 e. The number of fused-ring (bicyclic) bond motifs is 1. The fraction of sp³-hybridized carbons (Fsp3) is 0.750. The van der Waals surface area contributed by atoms with Gasteiger partial charge in [-0.15, -0.1) is 10.2 Å². The van der Waals surface area contributed by atoms with Crippen LogP contribution in [0.15, 0.2) is 0 Å². The van der Waals surface area contributed by atoms with Gasteiger partial charge in [0.15, 0.2) is 15.7 Å². The van der Waals surface area contributed by atoms with Crippen LogP contribution in [0.4, 0.5) is 0 Å². The summed E-state index contributed by atoms with van der Waals surface area (Å²) in [5.74, 6) is 1.05. The Kier molecular flexibility index (Phi) is 3.86. The molecule has 1 amide bonds. The van der Waals surface area contributed by atoms with Gasteiger partial charge in [0.25, 0.3) is 0 Å². The van der Waals surface area contributed by atoms with Crippen LogP contribution in [0.2, 0.25) is 0 Å². The highest BCUT2D eigenvalue weighted by molar-refractivity contribution is 7.91. The first kappa shape index (κ1) is 15.0. The highest BCUT2D eigenvalue weighted by Gasteiger charge is 2.30. The molecule has 0 unspecified atom stereocenters. The van der Waals surface area contributed by atoms with Gasteiger partial charge >= 0.3 is 0 Å². The number of carbonyl (C=O) groups excluding carboxylic acids is 1. The molecule has 0 aromatic carbocycles. The fourth-order valence-corrected chi connectivity index (χ4v) is 3.09. The van der Waals surface area contributed by atoms with Gasteiger partial charge in [0.2, 0.25) is 5.91 Å². The number of amides is 1. The molecule has 0 saturated heterocycles. The van der Waals surface area contributed by atoms with E-state index in [1.165, 1.54) is 0 Å². The van der Waals surface area contributed by atoms with Gasteiger partial charge in [0.05, 0.1) is 12.6 Å². The van der Waals surface area contributed by atoms with Crippen LogP contribution in [0.1, 0.15) is 44.4 Å². The van der Waals surface area contributed by atoms with E-state index in [4.69, 9.17) is 0 Å². The maximum Gasteiger partial charge on any atom is 0.238 e. The second-order valence-corrected chi connectivity index (χ2v) is 7.83. The first-order valence-corrected chi connectivity index (χ1v) is 8.64. The third kappa shape index (κ3) is 3.00. The Labute approximate surface area is 118 Å². The molecule has 7 nitrogen and oxygen atoms in total. The summed E-state index contributed by atoms with van der Waals surface area (Å²) in [5, 5.41) is 8.30. The topological polar surface area (TPSA) is 85.2 Å². The summed E-state index contributed by atoms with van der Waals surface area (Å²) in [6.45, 7) is 6.88. The van der Waals surface area contributed by atoms with Crippen molar-refractivity contribution in [2.24, 2.45) is 0 Å². The lowest BCUT2D eigenvalue weighted by Crippen LogP contribution is -2.43. The zero-order chi connectivity index (χ0) is 15.1. The maximum atomic E-state index is 12.0. The third-order valence-electron chi connectivity index (χ3n) is 3.31. The molecule has 1 aromatic heterocycles. The predicted octanol–water partition coefficient (Wildman–Crippen LogP) is 0.349. The lowest BCUT2D eigenvalue weighted by Gasteiger charge is -2.32. The Morgan fingerprint density at radius 2 is 2.05 bits per heavy atom. The molecule has 1 atom stereocenters. The van der Waals surface area contributed by atoms with Gasteiger partial charge in [-0.2, -0.15) is 0 Å². The highest BCUT2D eigenvalue weighted by atomic mass is 32.2. The molecule has 2 rings (SSSR count). The van der Waals surface area contributed by atoms with Crippen molar-refractivity contribution in [3.8, 4) is 0 Å². The number of hydrogen-bond donors (Lipinski definition) is 0. The van der Waals surface area contributed by atoms with E-state index in [2.05, 4.69) is 14.8 Å². The summed E-state index contributed by atoms with van der Waals surface area (Å²) in [6.07, 6.45) is 1.07. The average molecular weight is 300 g/mol. The van der Waals surface area contributed by atoms with E-state index in [0.717, 1.165) is 12.1 Å². The molecule has 1 aromatic rings. The summed E-state index contributed by atoms with van der Waals surface area (Å²) in [5.41, 5.74) is 0. The number of sulfone groups is 1. The van der Waals surface area contributed by atoms with E-state index < -0.39 is 15.6 Å². The van der Waals surface area contributed by atoms with Gasteiger partial charge in [0.1, 0.15) is 11.6 Å². The van der Waals surface area contributed by atoms with Crippen molar-refractivity contribution in [3.05, 3.63) is 11.6 Å². The summed E-state index contributed by atoms with van der Waals surface area (Å²) >= 11 is 0. The first-order chi connectivity index (χ1) is 9.19. The predicted molar refractivity (Wildman–Crippen MR) is 73.9 cm³/mol. The quantitative estimate of drug-likeness (QED) is 0.804. The van der Waals surface area contributed by atoms with Crippen LogP contribution in [0.25, 0.3) is 0 Å². The van der Waals surface area contributed by atoms with Crippen LogP contribution in [0.3, 0.4) is 0 Å². The molecule has 1 aliphatic heterocycles. The molecule has 0 bridgehead atoms. The molecule has 1 aliphatic rings. The van der Waals surface area contributed by atoms with Gasteiger partial charge < -0.3 is 9.47 Å². The van der Waals surface area contributed by atoms with Gasteiger partial charge in [-0.1, -0.05) is 13.8 Å². The highest BCUT2D eigenvalue weighted by Crippen LogP contribution is 2.25. The summed E-state index contributed by atoms with van der Waals surface area (Å²) in [6, 6.07) is 0.0506. The van der Waals surface area contributed by atoms with E-state index in [1.807, 2.05) is 20.8 Å². The maximum absolute atomic E-state index is 12.0. The molecule has 20 heavy (non-hydrogen) atoms. The fourth-order valence-electron chi connectivity index (χ4n) is 2.46. The minimum absolute atomic E-state index is 0.0506. The molecule has 0 spiro atoms. The third-order valence-corrected chi connectivity index (χ3v) is 4.08. The SMILES string of the molecule is CC(C)c1nnc2n1[C@@H](C)CN(C(=O)CS(C)(=O)=O)C2. The van der Waals surface area contributed by atoms with Gasteiger partial charge in [-0.25, -0.2) is 8.42 Å². The number of rotatable bonds is 3. The van der Waals surface area contributed by atoms with E-state index >= 15 is 0 Å². The first-order valence-electron chi connectivity index (χ1n) is 6.58. The van der Waals surface area contributed by atoms with Gasteiger partial charge in [0, 0.05) is 18.7 Å². The second kappa shape index (κ2) is 5.16. The summed E-state index contributed by atoms with van der Waals surface area (Å²) in [7, 11) is -3.31. The van der Waals surface area contributed by atoms with Crippen LogP contribution < -0.4 is 0 Å². The number of nitrogens with zero attached hydrogens (tertiary/aromatic N) is 4. The van der Waals surface area contributed by atoms with E-state index in [-0.39, 0.29) is 17.9 Å². The molecule has 2 heterocycles. The number of carbonyl (C=O) groups is 1. The van der Waals surface area contributed by atoms with Gasteiger partial charge in [-0.05, 0) is 6.92 Å². The van der Waals surface area contributed by atoms with E-state index in [9.17, 15) is 13.2 Å². The minimum atomic E-state index is -3.31. The van der Waals surface area contributed by atoms with Crippen LogP contribution in [-0.4, -0.2) is 52.5 Å². The van der Waals surface area contributed by atoms with Crippen molar-refractivity contribution in [2.45, 2.75) is 39.3 Å². The smallest absolute Gasteiger partial charge is 0.238 e. The second-order valence-electron chi connectivity index (χ2n) is 5.69. The lowest BCUT2D eigenvalue weighted by atomic mass is 10.1. The van der Waals surface area contributed by atoms with Crippen LogP contribution in [-0.2, 0) is 21.2 Å². The lowest BCUT2D eigenvalue weighted by molar-refractivity contribution is -0.130. The van der Waals surface area contributed by atoms with Crippen LogP contribution in [0.5, 0.6) is 0 Å². The summed E-state index contributed by atoms with van der Waals surface area (Å²) < 4.78 is 24.5. The van der Waals surface area contributed by atoms with Crippen molar-refractivity contribution < 1.29 is 13.2 Å². The minimum Gasteiger partial charge on any atom is -0.332 e. The Morgan fingerprint density at radius 3 is 2.60 bits per heavy atom. The summed E-state index contributed by atoms with van der Waals surface area (Å²) in [4.78, 5) is 13.5. The Balaban J connectivity index is 2.22. The average Bonchev–Trinajstić information content (AvgIpc) is 2.70.